The van der Waals surface area contributed by atoms with E-state index in [-0.39, 0.29) is 18.8 Å². The summed E-state index contributed by atoms with van der Waals surface area (Å²) in [5.41, 5.74) is 5.97. The minimum Gasteiger partial charge on any atom is -0.405 e. The zero-order valence-corrected chi connectivity index (χ0v) is 9.82. The predicted molar refractivity (Wildman–Crippen MR) is 59.2 cm³/mol. The van der Waals surface area contributed by atoms with Crippen LogP contribution < -0.4 is 5.73 Å². The van der Waals surface area contributed by atoms with Crippen molar-refractivity contribution in [2.24, 2.45) is 23.0 Å². The second-order valence-corrected chi connectivity index (χ2v) is 6.13. The third-order valence-corrected chi connectivity index (χ3v) is 5.19. The van der Waals surface area contributed by atoms with Gasteiger partial charge in [0.1, 0.15) is 0 Å². The van der Waals surface area contributed by atoms with Crippen molar-refractivity contribution >= 4 is 7.12 Å². The molecule has 84 valence electrons. The van der Waals surface area contributed by atoms with Crippen LogP contribution in [0, 0.1) is 17.3 Å². The number of hydrogen-bond acceptors (Lipinski definition) is 3. The zero-order chi connectivity index (χ0) is 10.8. The first-order valence-electron chi connectivity index (χ1n) is 6.02. The Bertz CT molecular complexity index is 296. The van der Waals surface area contributed by atoms with Crippen molar-refractivity contribution in [1.29, 1.82) is 0 Å². The van der Waals surface area contributed by atoms with Gasteiger partial charge in [0.15, 0.2) is 0 Å². The molecular formula is C11H20BNO2. The fourth-order valence-corrected chi connectivity index (χ4v) is 4.05. The van der Waals surface area contributed by atoms with Gasteiger partial charge in [-0.2, -0.15) is 0 Å². The van der Waals surface area contributed by atoms with Crippen molar-refractivity contribution in [2.45, 2.75) is 45.3 Å². The molecule has 0 aromatic rings. The lowest BCUT2D eigenvalue weighted by atomic mass is 9.43. The first kappa shape index (κ1) is 10.1. The summed E-state index contributed by atoms with van der Waals surface area (Å²) >= 11 is 0. The molecule has 3 saturated carbocycles. The van der Waals surface area contributed by atoms with Gasteiger partial charge < -0.3 is 15.0 Å². The lowest BCUT2D eigenvalue weighted by Gasteiger charge is -2.64. The fourth-order valence-electron chi connectivity index (χ4n) is 4.05. The number of hydrogen-bond donors (Lipinski definition) is 1. The van der Waals surface area contributed by atoms with Gasteiger partial charge in [0.25, 0.3) is 0 Å². The van der Waals surface area contributed by atoms with E-state index in [1.807, 2.05) is 0 Å². The molecule has 4 atom stereocenters. The molecule has 0 aromatic carbocycles. The molecule has 0 radical (unpaired) electrons. The van der Waals surface area contributed by atoms with Crippen LogP contribution in [-0.4, -0.2) is 25.3 Å². The second-order valence-electron chi connectivity index (χ2n) is 6.13. The highest BCUT2D eigenvalue weighted by atomic mass is 16.7. The first-order valence-corrected chi connectivity index (χ1v) is 6.02. The van der Waals surface area contributed by atoms with E-state index in [4.69, 9.17) is 15.0 Å². The maximum atomic E-state index is 6.04. The largest absolute Gasteiger partial charge is 0.472 e. The van der Waals surface area contributed by atoms with E-state index in [0.717, 1.165) is 12.3 Å². The lowest BCUT2D eigenvalue weighted by molar-refractivity contribution is -0.199. The molecule has 3 nitrogen and oxygen atoms in total. The Morgan fingerprint density at radius 2 is 2.07 bits per heavy atom. The summed E-state index contributed by atoms with van der Waals surface area (Å²) < 4.78 is 11.9. The van der Waals surface area contributed by atoms with Crippen molar-refractivity contribution in [1.82, 2.24) is 0 Å². The van der Waals surface area contributed by atoms with Crippen LogP contribution in [0.15, 0.2) is 0 Å². The van der Waals surface area contributed by atoms with E-state index < -0.39 is 0 Å². The molecule has 4 rings (SSSR count). The van der Waals surface area contributed by atoms with Gasteiger partial charge in [0, 0.05) is 6.44 Å². The van der Waals surface area contributed by atoms with Crippen LogP contribution in [0.1, 0.15) is 33.6 Å². The van der Waals surface area contributed by atoms with Crippen LogP contribution in [-0.2, 0) is 9.31 Å². The van der Waals surface area contributed by atoms with Crippen LogP contribution in [0.5, 0.6) is 0 Å². The minimum atomic E-state index is -0.171. The standard InChI is InChI=1S/C11H20BNO2/c1-10(2)7-4-8(10)11(3)9(5-7)14-12(6-13)15-11/h7-9H,4-6,13H2,1-3H3/t7?,8?,9?,11-/m0/s1. The predicted octanol–water partition coefficient (Wildman–Crippen LogP) is 1.21. The van der Waals surface area contributed by atoms with E-state index in [2.05, 4.69) is 20.8 Å². The molecule has 3 unspecified atom stereocenters. The summed E-state index contributed by atoms with van der Waals surface area (Å²) in [6, 6.07) is 0. The highest BCUT2D eigenvalue weighted by Crippen LogP contribution is 2.65. The van der Waals surface area contributed by atoms with Gasteiger partial charge in [-0.05, 0) is 37.0 Å². The van der Waals surface area contributed by atoms with Crippen LogP contribution in [0.25, 0.3) is 0 Å². The van der Waals surface area contributed by atoms with Crippen molar-refractivity contribution < 1.29 is 9.31 Å². The molecule has 0 spiro atoms. The molecule has 3 aliphatic carbocycles. The number of rotatable bonds is 1. The van der Waals surface area contributed by atoms with Gasteiger partial charge in [-0.1, -0.05) is 13.8 Å². The molecule has 4 heteroatoms. The molecular weight excluding hydrogens is 189 g/mol. The Morgan fingerprint density at radius 3 is 2.67 bits per heavy atom. The third kappa shape index (κ3) is 1.08. The highest BCUT2D eigenvalue weighted by Gasteiger charge is 2.67. The Hall–Kier alpha value is -0.0551. The van der Waals surface area contributed by atoms with Gasteiger partial charge in [0.2, 0.25) is 0 Å². The summed E-state index contributed by atoms with van der Waals surface area (Å²) in [4.78, 5) is 0. The smallest absolute Gasteiger partial charge is 0.405 e. The van der Waals surface area contributed by atoms with Crippen molar-refractivity contribution in [3.05, 3.63) is 0 Å². The quantitative estimate of drug-likeness (QED) is 0.660. The fraction of sp³-hybridized carbons (Fsp3) is 1.00. The van der Waals surface area contributed by atoms with Crippen LogP contribution in [0.2, 0.25) is 0 Å². The normalized spacial score (nSPS) is 51.2. The van der Waals surface area contributed by atoms with Gasteiger partial charge >= 0.3 is 7.12 Å². The molecule has 4 fully saturated rings. The average molecular weight is 209 g/mol. The topological polar surface area (TPSA) is 44.5 Å². The maximum Gasteiger partial charge on any atom is 0.472 e. The van der Waals surface area contributed by atoms with E-state index in [0.29, 0.717) is 17.8 Å². The lowest BCUT2D eigenvalue weighted by Crippen LogP contribution is -2.65. The zero-order valence-electron chi connectivity index (χ0n) is 9.82. The Kier molecular flexibility index (Phi) is 1.88. The molecule has 0 aromatic heterocycles. The molecule has 2 bridgehead atoms. The van der Waals surface area contributed by atoms with Gasteiger partial charge in [-0.3, -0.25) is 0 Å². The van der Waals surface area contributed by atoms with Crippen molar-refractivity contribution in [3.63, 3.8) is 0 Å². The van der Waals surface area contributed by atoms with E-state index in [1.165, 1.54) is 6.42 Å². The van der Waals surface area contributed by atoms with E-state index in [1.54, 1.807) is 0 Å². The Labute approximate surface area is 91.8 Å². The Balaban J connectivity index is 1.89. The van der Waals surface area contributed by atoms with Crippen LogP contribution in [0.3, 0.4) is 0 Å². The molecule has 4 aliphatic rings. The monoisotopic (exact) mass is 209 g/mol. The summed E-state index contributed by atoms with van der Waals surface area (Å²) in [6.45, 7) is 6.95. The van der Waals surface area contributed by atoms with Crippen LogP contribution >= 0.6 is 0 Å². The van der Waals surface area contributed by atoms with E-state index >= 15 is 0 Å². The highest BCUT2D eigenvalue weighted by molar-refractivity contribution is 6.45. The second kappa shape index (κ2) is 2.79. The summed E-state index contributed by atoms with van der Waals surface area (Å²) in [6.07, 6.45) is 3.21. The molecule has 1 aliphatic heterocycles. The van der Waals surface area contributed by atoms with Gasteiger partial charge in [0.05, 0.1) is 11.7 Å². The van der Waals surface area contributed by atoms with Gasteiger partial charge in [-0.25, -0.2) is 0 Å². The molecule has 1 saturated heterocycles. The van der Waals surface area contributed by atoms with Gasteiger partial charge in [-0.15, -0.1) is 0 Å². The maximum absolute atomic E-state index is 6.04. The van der Waals surface area contributed by atoms with Crippen LogP contribution in [0.4, 0.5) is 0 Å². The van der Waals surface area contributed by atoms with E-state index in [9.17, 15) is 0 Å². The van der Waals surface area contributed by atoms with Crippen molar-refractivity contribution in [3.8, 4) is 0 Å². The molecule has 1 heterocycles. The molecule has 2 N–H and O–H groups in total. The minimum absolute atomic E-state index is 0.0811. The molecule has 15 heavy (non-hydrogen) atoms. The summed E-state index contributed by atoms with van der Waals surface area (Å²) in [7, 11) is -0.171. The summed E-state index contributed by atoms with van der Waals surface area (Å²) in [5.74, 6) is 1.46. The summed E-state index contributed by atoms with van der Waals surface area (Å²) in [5, 5.41) is 0. The third-order valence-electron chi connectivity index (χ3n) is 5.19. The number of nitrogens with two attached hydrogens (primary N) is 1. The first-order chi connectivity index (χ1) is 6.98. The Morgan fingerprint density at radius 1 is 1.33 bits per heavy atom. The van der Waals surface area contributed by atoms with Crippen molar-refractivity contribution in [2.75, 3.05) is 6.44 Å². The molecule has 0 amide bonds. The average Bonchev–Trinajstić information content (AvgIpc) is 2.53. The SMILES string of the molecule is CC1(C)C2CC3OB(CN)O[C@@]3(C)C1C2.